The standard InChI is InChI=1S/C14H11BrClNO3/c1-9-6-11(16)2-5-14(9)20-12-3-4-13(17(18)19)10(7-12)8-15/h2-7H,8H2,1H3. The lowest BCUT2D eigenvalue weighted by atomic mass is 10.2. The third-order valence-electron chi connectivity index (χ3n) is 2.76. The molecule has 20 heavy (non-hydrogen) atoms. The van der Waals surface area contributed by atoms with Crippen LogP contribution in [-0.2, 0) is 5.33 Å². The highest BCUT2D eigenvalue weighted by molar-refractivity contribution is 9.08. The van der Waals surface area contributed by atoms with Crippen LogP contribution in [-0.4, -0.2) is 4.92 Å². The first-order valence-electron chi connectivity index (χ1n) is 5.78. The molecular weight excluding hydrogens is 346 g/mol. The Hall–Kier alpha value is -1.59. The minimum Gasteiger partial charge on any atom is -0.457 e. The van der Waals surface area contributed by atoms with Crippen molar-refractivity contribution in [2.45, 2.75) is 12.3 Å². The molecule has 0 unspecified atom stereocenters. The van der Waals surface area contributed by atoms with Gasteiger partial charge >= 0.3 is 0 Å². The molecule has 0 aliphatic heterocycles. The zero-order valence-corrected chi connectivity index (χ0v) is 12.9. The van der Waals surface area contributed by atoms with Gasteiger partial charge in [0.15, 0.2) is 0 Å². The Morgan fingerprint density at radius 2 is 2.05 bits per heavy atom. The van der Waals surface area contributed by atoms with Gasteiger partial charge in [-0.3, -0.25) is 10.1 Å². The van der Waals surface area contributed by atoms with Crippen LogP contribution in [0.25, 0.3) is 0 Å². The van der Waals surface area contributed by atoms with E-state index in [1.165, 1.54) is 6.07 Å². The van der Waals surface area contributed by atoms with Gasteiger partial charge in [-0.1, -0.05) is 27.5 Å². The number of nitrogens with zero attached hydrogens (tertiary/aromatic N) is 1. The molecular formula is C14H11BrClNO3. The van der Waals surface area contributed by atoms with E-state index in [2.05, 4.69) is 15.9 Å². The van der Waals surface area contributed by atoms with Crippen molar-refractivity contribution in [3.8, 4) is 11.5 Å². The fourth-order valence-electron chi connectivity index (χ4n) is 1.76. The monoisotopic (exact) mass is 355 g/mol. The van der Waals surface area contributed by atoms with Crippen LogP contribution < -0.4 is 4.74 Å². The van der Waals surface area contributed by atoms with Crippen LogP contribution in [0, 0.1) is 17.0 Å². The van der Waals surface area contributed by atoms with E-state index in [1.54, 1.807) is 30.3 Å². The third kappa shape index (κ3) is 3.29. The summed E-state index contributed by atoms with van der Waals surface area (Å²) in [5, 5.41) is 11.9. The van der Waals surface area contributed by atoms with E-state index in [1.807, 2.05) is 6.92 Å². The average Bonchev–Trinajstić information content (AvgIpc) is 2.41. The van der Waals surface area contributed by atoms with Crippen LogP contribution in [0.2, 0.25) is 5.02 Å². The minimum atomic E-state index is -0.409. The number of ether oxygens (including phenoxy) is 1. The molecule has 0 saturated heterocycles. The maximum Gasteiger partial charge on any atom is 0.273 e. The number of benzene rings is 2. The smallest absolute Gasteiger partial charge is 0.273 e. The number of alkyl halides is 1. The number of aryl methyl sites for hydroxylation is 1. The lowest BCUT2D eigenvalue weighted by Gasteiger charge is -2.10. The van der Waals surface area contributed by atoms with Crippen molar-refractivity contribution >= 4 is 33.2 Å². The first-order chi connectivity index (χ1) is 9.51. The van der Waals surface area contributed by atoms with Gasteiger partial charge in [0, 0.05) is 22.0 Å². The number of rotatable bonds is 4. The minimum absolute atomic E-state index is 0.0713. The molecule has 0 bridgehead atoms. The van der Waals surface area contributed by atoms with Crippen molar-refractivity contribution in [3.05, 3.63) is 62.7 Å². The first-order valence-corrected chi connectivity index (χ1v) is 7.28. The number of hydrogen-bond acceptors (Lipinski definition) is 3. The molecule has 0 spiro atoms. The summed E-state index contributed by atoms with van der Waals surface area (Å²) in [6, 6.07) is 9.98. The van der Waals surface area contributed by atoms with Crippen molar-refractivity contribution in [1.82, 2.24) is 0 Å². The Morgan fingerprint density at radius 1 is 1.30 bits per heavy atom. The van der Waals surface area contributed by atoms with Crippen molar-refractivity contribution < 1.29 is 9.66 Å². The summed E-state index contributed by atoms with van der Waals surface area (Å²) < 4.78 is 5.74. The number of hydrogen-bond donors (Lipinski definition) is 0. The van der Waals surface area contributed by atoms with Crippen LogP contribution in [0.1, 0.15) is 11.1 Å². The third-order valence-corrected chi connectivity index (χ3v) is 3.60. The largest absolute Gasteiger partial charge is 0.457 e. The molecule has 2 aromatic rings. The Morgan fingerprint density at radius 3 is 2.65 bits per heavy atom. The molecule has 2 aromatic carbocycles. The Kier molecular flexibility index (Phi) is 4.62. The molecule has 0 amide bonds. The van der Waals surface area contributed by atoms with Gasteiger partial charge in [0.25, 0.3) is 5.69 Å². The predicted molar refractivity (Wildman–Crippen MR) is 82.0 cm³/mol. The van der Waals surface area contributed by atoms with E-state index in [9.17, 15) is 10.1 Å². The summed E-state index contributed by atoms with van der Waals surface area (Å²) in [5.74, 6) is 1.22. The van der Waals surface area contributed by atoms with Crippen LogP contribution in [0.4, 0.5) is 5.69 Å². The number of nitro groups is 1. The molecule has 0 fully saturated rings. The van der Waals surface area contributed by atoms with Gasteiger partial charge < -0.3 is 4.74 Å². The van der Waals surface area contributed by atoms with E-state index in [4.69, 9.17) is 16.3 Å². The molecule has 0 heterocycles. The maximum atomic E-state index is 10.9. The zero-order valence-electron chi connectivity index (χ0n) is 10.6. The van der Waals surface area contributed by atoms with E-state index >= 15 is 0 Å². The number of halogens is 2. The molecule has 0 aliphatic rings. The SMILES string of the molecule is Cc1cc(Cl)ccc1Oc1ccc([N+](=O)[O-])c(CBr)c1. The van der Waals surface area contributed by atoms with Crippen LogP contribution in [0.5, 0.6) is 11.5 Å². The van der Waals surface area contributed by atoms with E-state index < -0.39 is 4.92 Å². The highest BCUT2D eigenvalue weighted by Crippen LogP contribution is 2.31. The fraction of sp³-hybridized carbons (Fsp3) is 0.143. The first kappa shape index (κ1) is 14.8. The summed E-state index contributed by atoms with van der Waals surface area (Å²) in [4.78, 5) is 10.5. The molecule has 4 nitrogen and oxygen atoms in total. The van der Waals surface area contributed by atoms with Gasteiger partial charge in [0.2, 0.25) is 0 Å². The number of nitro benzene ring substituents is 1. The van der Waals surface area contributed by atoms with Gasteiger partial charge in [0.1, 0.15) is 11.5 Å². The molecule has 0 N–H and O–H groups in total. The highest BCUT2D eigenvalue weighted by atomic mass is 79.9. The topological polar surface area (TPSA) is 52.4 Å². The highest BCUT2D eigenvalue weighted by Gasteiger charge is 2.14. The van der Waals surface area contributed by atoms with Crippen molar-refractivity contribution in [2.75, 3.05) is 0 Å². The maximum absolute atomic E-state index is 10.9. The zero-order chi connectivity index (χ0) is 14.7. The molecule has 0 atom stereocenters. The van der Waals surface area contributed by atoms with Crippen molar-refractivity contribution in [2.24, 2.45) is 0 Å². The van der Waals surface area contributed by atoms with Gasteiger partial charge in [0.05, 0.1) is 4.92 Å². The summed E-state index contributed by atoms with van der Waals surface area (Å²) in [7, 11) is 0. The second-order valence-electron chi connectivity index (χ2n) is 4.19. The van der Waals surface area contributed by atoms with Crippen LogP contribution >= 0.6 is 27.5 Å². The summed E-state index contributed by atoms with van der Waals surface area (Å²) in [6.45, 7) is 1.89. The van der Waals surface area contributed by atoms with E-state index in [0.717, 1.165) is 5.56 Å². The normalized spacial score (nSPS) is 10.3. The van der Waals surface area contributed by atoms with Crippen LogP contribution in [0.15, 0.2) is 36.4 Å². The van der Waals surface area contributed by atoms with Gasteiger partial charge in [-0.25, -0.2) is 0 Å². The van der Waals surface area contributed by atoms with Gasteiger partial charge in [-0.2, -0.15) is 0 Å². The van der Waals surface area contributed by atoms with Gasteiger partial charge in [-0.15, -0.1) is 0 Å². The second kappa shape index (κ2) is 6.24. The molecule has 0 aromatic heterocycles. The Labute approximate surface area is 129 Å². The quantitative estimate of drug-likeness (QED) is 0.427. The molecule has 6 heteroatoms. The molecule has 0 saturated carbocycles. The van der Waals surface area contributed by atoms with E-state index in [-0.39, 0.29) is 5.69 Å². The van der Waals surface area contributed by atoms with E-state index in [0.29, 0.717) is 27.4 Å². The Balaban J connectivity index is 2.32. The summed E-state index contributed by atoms with van der Waals surface area (Å²) >= 11 is 9.13. The average molecular weight is 357 g/mol. The van der Waals surface area contributed by atoms with Crippen LogP contribution in [0.3, 0.4) is 0 Å². The Bertz CT molecular complexity index is 661. The molecule has 0 aliphatic carbocycles. The molecule has 0 radical (unpaired) electrons. The summed E-state index contributed by atoms with van der Waals surface area (Å²) in [6.07, 6.45) is 0. The molecule has 2 rings (SSSR count). The summed E-state index contributed by atoms with van der Waals surface area (Å²) in [5.41, 5.74) is 1.54. The lowest BCUT2D eigenvalue weighted by Crippen LogP contribution is -1.95. The lowest BCUT2D eigenvalue weighted by molar-refractivity contribution is -0.385. The van der Waals surface area contributed by atoms with Crippen molar-refractivity contribution in [1.29, 1.82) is 0 Å². The second-order valence-corrected chi connectivity index (χ2v) is 5.19. The fourth-order valence-corrected chi connectivity index (χ4v) is 2.44. The van der Waals surface area contributed by atoms with Gasteiger partial charge in [-0.05, 0) is 42.8 Å². The predicted octanol–water partition coefficient (Wildman–Crippen LogP) is 5.24. The molecule has 104 valence electrons. The van der Waals surface area contributed by atoms with Crippen molar-refractivity contribution in [3.63, 3.8) is 0 Å².